The number of nitrogens with one attached hydrogen (secondary N) is 1. The lowest BCUT2D eigenvalue weighted by atomic mass is 9.88. The summed E-state index contributed by atoms with van der Waals surface area (Å²) in [6.45, 7) is 1.02. The summed E-state index contributed by atoms with van der Waals surface area (Å²) in [5.74, 6) is 0.0156. The average molecular weight is 300 g/mol. The van der Waals surface area contributed by atoms with Crippen LogP contribution in [0, 0.1) is 0 Å². The van der Waals surface area contributed by atoms with Crippen LogP contribution in [0.5, 0.6) is 0 Å². The van der Waals surface area contributed by atoms with E-state index in [0.29, 0.717) is 0 Å². The third kappa shape index (κ3) is 3.71. The maximum absolute atomic E-state index is 12.3. The molecule has 22 heavy (non-hydrogen) atoms. The number of benzene rings is 1. The van der Waals surface area contributed by atoms with Gasteiger partial charge in [-0.1, -0.05) is 12.1 Å². The van der Waals surface area contributed by atoms with E-state index in [0.717, 1.165) is 44.2 Å². The topological polar surface area (TPSA) is 57.1 Å². The van der Waals surface area contributed by atoms with Crippen LogP contribution in [-0.4, -0.2) is 43.2 Å². The predicted molar refractivity (Wildman–Crippen MR) is 86.0 cm³/mol. The molecule has 1 amide bonds. The number of rotatable bonds is 5. The number of hydrogen-bond donors (Lipinski definition) is 1. The fourth-order valence-electron chi connectivity index (χ4n) is 3.05. The molecule has 5 nitrogen and oxygen atoms in total. The Morgan fingerprint density at radius 3 is 2.68 bits per heavy atom. The van der Waals surface area contributed by atoms with Gasteiger partial charge in [-0.3, -0.25) is 4.79 Å². The highest BCUT2D eigenvalue weighted by Gasteiger charge is 2.44. The van der Waals surface area contributed by atoms with Gasteiger partial charge in [0.05, 0.1) is 0 Å². The first-order valence-corrected chi connectivity index (χ1v) is 8.05. The van der Waals surface area contributed by atoms with Crippen molar-refractivity contribution in [2.24, 2.45) is 10.2 Å². The third-order valence-corrected chi connectivity index (χ3v) is 4.48. The lowest BCUT2D eigenvalue weighted by Crippen LogP contribution is -2.40. The van der Waals surface area contributed by atoms with E-state index in [1.54, 1.807) is 0 Å². The van der Waals surface area contributed by atoms with Gasteiger partial charge < -0.3 is 10.2 Å². The molecule has 1 atom stereocenters. The zero-order valence-electron chi connectivity index (χ0n) is 13.4. The van der Waals surface area contributed by atoms with Crippen LogP contribution < -0.4 is 5.32 Å². The molecule has 0 aromatic heterocycles. The summed E-state index contributed by atoms with van der Waals surface area (Å²) in [5.41, 5.74) is 1.85. The second-order valence-electron chi connectivity index (χ2n) is 6.70. The largest absolute Gasteiger partial charge is 0.349 e. The Balaban J connectivity index is 1.53. The third-order valence-electron chi connectivity index (χ3n) is 4.48. The minimum atomic E-state index is -0.147. The molecule has 2 aliphatic rings. The molecule has 1 fully saturated rings. The van der Waals surface area contributed by atoms with E-state index >= 15 is 0 Å². The summed E-state index contributed by atoms with van der Waals surface area (Å²) in [7, 11) is 4.13. The zero-order valence-corrected chi connectivity index (χ0v) is 13.4. The van der Waals surface area contributed by atoms with E-state index in [2.05, 4.69) is 34.5 Å². The molecule has 0 saturated heterocycles. The second kappa shape index (κ2) is 6.16. The normalized spacial score (nSPS) is 22.0. The highest BCUT2D eigenvalue weighted by molar-refractivity contribution is 5.94. The van der Waals surface area contributed by atoms with Gasteiger partial charge in [0.25, 0.3) is 5.91 Å². The Bertz CT molecular complexity index is 559. The molecule has 118 valence electrons. The molecule has 5 heteroatoms. The van der Waals surface area contributed by atoms with E-state index in [4.69, 9.17) is 0 Å². The first-order chi connectivity index (χ1) is 10.6. The summed E-state index contributed by atoms with van der Waals surface area (Å²) in [6, 6.07) is 8.14. The minimum Gasteiger partial charge on any atom is -0.349 e. The number of likely N-dealkylation sites (N-methyl/N-ethyl adjacent to an activating group) is 1. The van der Waals surface area contributed by atoms with Crippen LogP contribution in [-0.2, 0) is 6.42 Å². The Labute approximate surface area is 131 Å². The van der Waals surface area contributed by atoms with Crippen LogP contribution in [0.15, 0.2) is 34.5 Å². The molecule has 1 aromatic rings. The summed E-state index contributed by atoms with van der Waals surface area (Å²) in [6.07, 6.45) is 5.02. The van der Waals surface area contributed by atoms with E-state index in [1.165, 1.54) is 5.56 Å². The minimum absolute atomic E-state index is 0.0156. The van der Waals surface area contributed by atoms with Crippen molar-refractivity contribution in [3.8, 4) is 0 Å². The van der Waals surface area contributed by atoms with Crippen LogP contribution in [0.4, 0.5) is 0 Å². The Morgan fingerprint density at radius 2 is 2.05 bits per heavy atom. The van der Waals surface area contributed by atoms with Gasteiger partial charge in [0.2, 0.25) is 0 Å². The highest BCUT2D eigenvalue weighted by atomic mass is 16.1. The molecular weight excluding hydrogens is 276 g/mol. The number of amides is 1. The molecule has 1 aliphatic heterocycles. The van der Waals surface area contributed by atoms with Gasteiger partial charge in [-0.25, -0.2) is 0 Å². The van der Waals surface area contributed by atoms with E-state index in [1.807, 2.05) is 24.3 Å². The van der Waals surface area contributed by atoms with Gasteiger partial charge in [-0.2, -0.15) is 10.2 Å². The number of carbonyl (C=O) groups is 1. The maximum Gasteiger partial charge on any atom is 0.251 e. The summed E-state index contributed by atoms with van der Waals surface area (Å²) in [5, 5.41) is 11.4. The van der Waals surface area contributed by atoms with Crippen LogP contribution in [0.25, 0.3) is 0 Å². The van der Waals surface area contributed by atoms with Gasteiger partial charge in [-0.05, 0) is 57.5 Å². The Hall–Kier alpha value is -1.75. The lowest BCUT2D eigenvalue weighted by Gasteiger charge is -2.26. The first-order valence-electron chi connectivity index (χ1n) is 8.05. The number of carbonyl (C=O) groups excluding carboxylic acids is 1. The monoisotopic (exact) mass is 300 g/mol. The molecule has 1 spiro atoms. The predicted octanol–water partition coefficient (Wildman–Crippen LogP) is 2.63. The van der Waals surface area contributed by atoms with Crippen molar-refractivity contribution < 1.29 is 4.79 Å². The lowest BCUT2D eigenvalue weighted by molar-refractivity contribution is 0.0922. The SMILES string of the molecule is CN(C)CCc1ccc(C(=O)NC2CCCC3(C2)N=N3)cc1. The van der Waals surface area contributed by atoms with Crippen molar-refractivity contribution in [2.75, 3.05) is 20.6 Å². The molecule has 1 N–H and O–H groups in total. The van der Waals surface area contributed by atoms with Crippen molar-refractivity contribution in [1.82, 2.24) is 10.2 Å². The van der Waals surface area contributed by atoms with Crippen molar-refractivity contribution in [1.29, 1.82) is 0 Å². The molecule has 1 aliphatic carbocycles. The van der Waals surface area contributed by atoms with Gasteiger partial charge >= 0.3 is 0 Å². The first kappa shape index (κ1) is 15.2. The zero-order chi connectivity index (χ0) is 15.6. The van der Waals surface area contributed by atoms with Crippen LogP contribution >= 0.6 is 0 Å². The summed E-state index contributed by atoms with van der Waals surface area (Å²) >= 11 is 0. The maximum atomic E-state index is 12.3. The number of nitrogens with zero attached hydrogens (tertiary/aromatic N) is 3. The van der Waals surface area contributed by atoms with Gasteiger partial charge in [-0.15, -0.1) is 0 Å². The average Bonchev–Trinajstić information content (AvgIpc) is 3.24. The second-order valence-corrected chi connectivity index (χ2v) is 6.70. The highest BCUT2D eigenvalue weighted by Crippen LogP contribution is 2.42. The smallest absolute Gasteiger partial charge is 0.251 e. The molecule has 1 unspecified atom stereocenters. The molecular formula is C17H24N4O. The fourth-order valence-corrected chi connectivity index (χ4v) is 3.05. The molecule has 0 bridgehead atoms. The fraction of sp³-hybridized carbons (Fsp3) is 0.588. The van der Waals surface area contributed by atoms with E-state index in [-0.39, 0.29) is 17.6 Å². The standard InChI is InChI=1S/C17H24N4O/c1-21(2)11-9-13-5-7-14(8-6-13)16(22)18-15-4-3-10-17(12-15)19-20-17/h5-8,15H,3-4,9-12H2,1-2H3,(H,18,22). The summed E-state index contributed by atoms with van der Waals surface area (Å²) in [4.78, 5) is 14.5. The van der Waals surface area contributed by atoms with E-state index < -0.39 is 0 Å². The van der Waals surface area contributed by atoms with Crippen molar-refractivity contribution in [3.63, 3.8) is 0 Å². The molecule has 0 radical (unpaired) electrons. The van der Waals surface area contributed by atoms with Crippen molar-refractivity contribution in [3.05, 3.63) is 35.4 Å². The quantitative estimate of drug-likeness (QED) is 0.909. The van der Waals surface area contributed by atoms with Gasteiger partial charge in [0, 0.05) is 24.6 Å². The Kier molecular flexibility index (Phi) is 4.25. The van der Waals surface area contributed by atoms with Crippen LogP contribution in [0.3, 0.4) is 0 Å². The molecule has 1 saturated carbocycles. The summed E-state index contributed by atoms with van der Waals surface area (Å²) < 4.78 is 0. The van der Waals surface area contributed by atoms with Gasteiger partial charge in [0.15, 0.2) is 5.66 Å². The van der Waals surface area contributed by atoms with E-state index in [9.17, 15) is 4.79 Å². The van der Waals surface area contributed by atoms with Crippen LogP contribution in [0.2, 0.25) is 0 Å². The van der Waals surface area contributed by atoms with Gasteiger partial charge in [0.1, 0.15) is 0 Å². The molecule has 1 aromatic carbocycles. The number of hydrogen-bond acceptors (Lipinski definition) is 4. The van der Waals surface area contributed by atoms with Crippen molar-refractivity contribution >= 4 is 5.91 Å². The van der Waals surface area contributed by atoms with Crippen LogP contribution in [0.1, 0.15) is 41.6 Å². The molecule has 1 heterocycles. The molecule has 3 rings (SSSR count). The van der Waals surface area contributed by atoms with Crippen molar-refractivity contribution in [2.45, 2.75) is 43.8 Å². The Morgan fingerprint density at radius 1 is 1.32 bits per heavy atom.